The quantitative estimate of drug-likeness (QED) is 0.722. The zero-order chi connectivity index (χ0) is 18.1. The van der Waals surface area contributed by atoms with Crippen LogP contribution in [0.2, 0.25) is 0 Å². The van der Waals surface area contributed by atoms with Crippen molar-refractivity contribution in [2.45, 2.75) is 39.3 Å². The van der Waals surface area contributed by atoms with E-state index in [0.717, 1.165) is 0 Å². The molecule has 24 heavy (non-hydrogen) atoms. The molecule has 2 rings (SSSR count). The Labute approximate surface area is 149 Å². The van der Waals surface area contributed by atoms with Crippen molar-refractivity contribution >= 4 is 27.9 Å². The number of benzene rings is 1. The topological polar surface area (TPSA) is 49.9 Å². The first-order chi connectivity index (χ1) is 11.1. The number of nitrogens with zero attached hydrogens (tertiary/aromatic N) is 2. The van der Waals surface area contributed by atoms with Crippen LogP contribution >= 0.6 is 15.9 Å². The molecule has 1 aliphatic rings. The van der Waals surface area contributed by atoms with Crippen molar-refractivity contribution in [1.29, 1.82) is 0 Å². The van der Waals surface area contributed by atoms with E-state index >= 15 is 0 Å². The monoisotopic (exact) mass is 400 g/mol. The van der Waals surface area contributed by atoms with E-state index in [1.165, 1.54) is 12.1 Å². The summed E-state index contributed by atoms with van der Waals surface area (Å²) in [5.41, 5.74) is -0.257. The maximum absolute atomic E-state index is 13.6. The molecule has 5 nitrogen and oxygen atoms in total. The number of rotatable bonds is 1. The fourth-order valence-electron chi connectivity index (χ4n) is 2.55. The van der Waals surface area contributed by atoms with Crippen LogP contribution in [0.25, 0.3) is 0 Å². The number of amides is 2. The van der Waals surface area contributed by atoms with Gasteiger partial charge in [-0.1, -0.05) is 0 Å². The third-order valence-corrected chi connectivity index (χ3v) is 4.35. The van der Waals surface area contributed by atoms with E-state index in [-0.39, 0.29) is 18.0 Å². The number of carbonyl (C=O) groups is 2. The second-order valence-corrected chi connectivity index (χ2v) is 7.76. The Hall–Kier alpha value is -1.63. The molecule has 0 aromatic heterocycles. The Morgan fingerprint density at radius 3 is 2.50 bits per heavy atom. The van der Waals surface area contributed by atoms with E-state index < -0.39 is 11.4 Å². The molecule has 0 bridgehead atoms. The summed E-state index contributed by atoms with van der Waals surface area (Å²) < 4.78 is 19.3. The van der Waals surface area contributed by atoms with E-state index in [0.29, 0.717) is 29.7 Å². The first-order valence-corrected chi connectivity index (χ1v) is 8.62. The third kappa shape index (κ3) is 4.47. The second kappa shape index (κ2) is 7.09. The van der Waals surface area contributed by atoms with Gasteiger partial charge in [-0.15, -0.1) is 0 Å². The van der Waals surface area contributed by atoms with Gasteiger partial charge in [0, 0.05) is 31.2 Å². The predicted octanol–water partition coefficient (Wildman–Crippen LogP) is 3.67. The molecular weight excluding hydrogens is 379 g/mol. The fraction of sp³-hybridized carbons (Fsp3) is 0.529. The van der Waals surface area contributed by atoms with E-state index in [4.69, 9.17) is 4.74 Å². The molecule has 1 saturated heterocycles. The normalized spacial score (nSPS) is 18.5. The highest BCUT2D eigenvalue weighted by Crippen LogP contribution is 2.20. The number of carbonyl (C=O) groups excluding carboxylic acids is 2. The van der Waals surface area contributed by atoms with Gasteiger partial charge in [-0.25, -0.2) is 9.18 Å². The van der Waals surface area contributed by atoms with Crippen molar-refractivity contribution in [2.75, 3.05) is 19.6 Å². The minimum Gasteiger partial charge on any atom is -0.444 e. The van der Waals surface area contributed by atoms with Gasteiger partial charge >= 0.3 is 6.09 Å². The average molecular weight is 401 g/mol. The third-order valence-electron chi connectivity index (χ3n) is 3.71. The van der Waals surface area contributed by atoms with Crippen LogP contribution in [-0.2, 0) is 4.74 Å². The molecule has 1 heterocycles. The van der Waals surface area contributed by atoms with Gasteiger partial charge < -0.3 is 14.5 Å². The minimum absolute atomic E-state index is 0.169. The molecule has 1 aliphatic heterocycles. The van der Waals surface area contributed by atoms with E-state index in [1.807, 2.05) is 27.7 Å². The second-order valence-electron chi connectivity index (χ2n) is 6.90. The molecule has 0 spiro atoms. The highest BCUT2D eigenvalue weighted by atomic mass is 79.9. The van der Waals surface area contributed by atoms with Gasteiger partial charge in [0.25, 0.3) is 5.91 Å². The van der Waals surface area contributed by atoms with E-state index in [2.05, 4.69) is 15.9 Å². The molecule has 0 N–H and O–H groups in total. The van der Waals surface area contributed by atoms with Crippen molar-refractivity contribution in [1.82, 2.24) is 9.80 Å². The molecule has 1 atom stereocenters. The Kier molecular flexibility index (Phi) is 5.52. The molecule has 1 aromatic carbocycles. The maximum Gasteiger partial charge on any atom is 0.410 e. The molecule has 7 heteroatoms. The lowest BCUT2D eigenvalue weighted by Gasteiger charge is -2.40. The lowest BCUT2D eigenvalue weighted by molar-refractivity contribution is 0.00198. The lowest BCUT2D eigenvalue weighted by atomic mass is 10.1. The Bertz CT molecular complexity index is 645. The Morgan fingerprint density at radius 1 is 1.29 bits per heavy atom. The summed E-state index contributed by atoms with van der Waals surface area (Å²) in [7, 11) is 0. The highest BCUT2D eigenvalue weighted by Gasteiger charge is 2.32. The summed E-state index contributed by atoms with van der Waals surface area (Å²) in [4.78, 5) is 28.0. The fourth-order valence-corrected chi connectivity index (χ4v) is 2.79. The average Bonchev–Trinajstić information content (AvgIpc) is 2.47. The Balaban J connectivity index is 2.03. The van der Waals surface area contributed by atoms with Crippen molar-refractivity contribution in [2.24, 2.45) is 0 Å². The summed E-state index contributed by atoms with van der Waals surface area (Å²) in [6.07, 6.45) is -0.378. The molecule has 1 aromatic rings. The smallest absolute Gasteiger partial charge is 0.410 e. The molecule has 132 valence electrons. The van der Waals surface area contributed by atoms with Crippen LogP contribution in [0, 0.1) is 5.82 Å². The molecule has 0 saturated carbocycles. The van der Waals surface area contributed by atoms with Gasteiger partial charge in [0.05, 0.1) is 4.47 Å². The van der Waals surface area contributed by atoms with Crippen LogP contribution in [0.4, 0.5) is 9.18 Å². The van der Waals surface area contributed by atoms with Gasteiger partial charge in [0.2, 0.25) is 0 Å². The van der Waals surface area contributed by atoms with Gasteiger partial charge in [0.15, 0.2) is 0 Å². The number of hydrogen-bond donors (Lipinski definition) is 0. The molecule has 0 aliphatic carbocycles. The molecule has 2 amide bonds. The number of ether oxygens (including phenoxy) is 1. The highest BCUT2D eigenvalue weighted by molar-refractivity contribution is 9.10. The summed E-state index contributed by atoms with van der Waals surface area (Å²) >= 11 is 3.07. The number of halogens is 2. The van der Waals surface area contributed by atoms with Crippen molar-refractivity contribution in [3.63, 3.8) is 0 Å². The summed E-state index contributed by atoms with van der Waals surface area (Å²) in [6.45, 7) is 8.48. The zero-order valence-corrected chi connectivity index (χ0v) is 15.9. The predicted molar refractivity (Wildman–Crippen MR) is 92.4 cm³/mol. The number of hydrogen-bond acceptors (Lipinski definition) is 3. The largest absolute Gasteiger partial charge is 0.444 e. The van der Waals surface area contributed by atoms with Gasteiger partial charge in [-0.2, -0.15) is 0 Å². The molecule has 0 radical (unpaired) electrons. The van der Waals surface area contributed by atoms with Crippen molar-refractivity contribution in [3.8, 4) is 0 Å². The van der Waals surface area contributed by atoms with Crippen LogP contribution < -0.4 is 0 Å². The van der Waals surface area contributed by atoms with Gasteiger partial charge in [-0.05, 0) is 61.8 Å². The standard InChI is InChI=1S/C17H22BrFN2O3/c1-11-10-20(7-8-21(11)16(23)24-17(2,3)4)15(22)12-5-6-13(18)14(19)9-12/h5-6,9,11H,7-8,10H2,1-4H3/t11-/m0/s1. The van der Waals surface area contributed by atoms with E-state index in [1.54, 1.807) is 15.9 Å². The summed E-state index contributed by atoms with van der Waals surface area (Å²) in [5, 5.41) is 0. The van der Waals surface area contributed by atoms with Gasteiger partial charge in [0.1, 0.15) is 11.4 Å². The maximum atomic E-state index is 13.6. The summed E-state index contributed by atoms with van der Waals surface area (Å²) in [6, 6.07) is 4.15. The molecular formula is C17H22BrFN2O3. The van der Waals surface area contributed by atoms with Crippen LogP contribution in [0.1, 0.15) is 38.1 Å². The first-order valence-electron chi connectivity index (χ1n) is 7.82. The van der Waals surface area contributed by atoms with Gasteiger partial charge in [-0.3, -0.25) is 4.79 Å². The van der Waals surface area contributed by atoms with Crippen LogP contribution in [0.5, 0.6) is 0 Å². The van der Waals surface area contributed by atoms with Crippen LogP contribution in [0.3, 0.4) is 0 Å². The summed E-state index contributed by atoms with van der Waals surface area (Å²) in [5.74, 6) is -0.710. The van der Waals surface area contributed by atoms with Crippen molar-refractivity contribution < 1.29 is 18.7 Å². The van der Waals surface area contributed by atoms with Crippen LogP contribution in [0.15, 0.2) is 22.7 Å². The van der Waals surface area contributed by atoms with Crippen molar-refractivity contribution in [3.05, 3.63) is 34.1 Å². The molecule has 1 fully saturated rings. The number of piperazine rings is 1. The minimum atomic E-state index is -0.557. The zero-order valence-electron chi connectivity index (χ0n) is 14.3. The molecule has 0 unspecified atom stereocenters. The lowest BCUT2D eigenvalue weighted by Crippen LogP contribution is -2.56. The van der Waals surface area contributed by atoms with E-state index in [9.17, 15) is 14.0 Å². The Morgan fingerprint density at radius 2 is 1.96 bits per heavy atom. The van der Waals surface area contributed by atoms with Crippen LogP contribution in [-0.4, -0.2) is 53.1 Å². The SMILES string of the molecule is C[C@H]1CN(C(=O)c2ccc(Br)c(F)c2)CCN1C(=O)OC(C)(C)C. The first kappa shape index (κ1) is 18.7.